The Morgan fingerprint density at radius 1 is 0.931 bits per heavy atom. The molecule has 0 unspecified atom stereocenters. The third-order valence-electron chi connectivity index (χ3n) is 4.90. The highest BCUT2D eigenvalue weighted by Crippen LogP contribution is 2.30. The van der Waals surface area contributed by atoms with E-state index in [1.165, 1.54) is 5.52 Å². The van der Waals surface area contributed by atoms with E-state index in [4.69, 9.17) is 0 Å². The van der Waals surface area contributed by atoms with E-state index in [2.05, 4.69) is 56.8 Å². The molecule has 2 N–H and O–H groups in total. The number of hydrogen-bond acceptors (Lipinski definition) is 2. The molecule has 0 spiro atoms. The summed E-state index contributed by atoms with van der Waals surface area (Å²) in [5.74, 6) is -0.519. The number of anilines is 1. The summed E-state index contributed by atoms with van der Waals surface area (Å²) >= 11 is 2.11. The number of hydrogen-bond donors (Lipinski definition) is 2. The van der Waals surface area contributed by atoms with Gasteiger partial charge in [0.15, 0.2) is 0 Å². The highest BCUT2D eigenvalue weighted by Gasteiger charge is 2.13. The molecule has 1 aromatic heterocycles. The van der Waals surface area contributed by atoms with Gasteiger partial charge in [-0.1, -0.05) is 30.3 Å². The first kappa shape index (κ1) is 19.4. The molecule has 6 heteroatoms. The van der Waals surface area contributed by atoms with Crippen LogP contribution in [0.25, 0.3) is 21.8 Å². The topological polar surface area (TPSA) is 63.1 Å². The zero-order valence-corrected chi connectivity index (χ0v) is 18.1. The van der Waals surface area contributed by atoms with E-state index >= 15 is 0 Å². The van der Waals surface area contributed by atoms with Crippen molar-refractivity contribution < 1.29 is 9.59 Å². The second-order valence-electron chi connectivity index (χ2n) is 6.70. The second kappa shape index (κ2) is 8.24. The molecule has 0 radical (unpaired) electrons. The Hall–Kier alpha value is -2.87. The van der Waals surface area contributed by atoms with Crippen LogP contribution in [0.3, 0.4) is 0 Å². The van der Waals surface area contributed by atoms with Crippen molar-refractivity contribution in [1.29, 1.82) is 0 Å². The van der Waals surface area contributed by atoms with Crippen LogP contribution in [0.1, 0.15) is 17.3 Å². The molecule has 0 bridgehead atoms. The van der Waals surface area contributed by atoms with Crippen LogP contribution in [0, 0.1) is 3.57 Å². The van der Waals surface area contributed by atoms with Crippen LogP contribution in [0.5, 0.6) is 0 Å². The molecule has 0 atom stereocenters. The van der Waals surface area contributed by atoms with Crippen molar-refractivity contribution in [2.75, 3.05) is 11.9 Å². The van der Waals surface area contributed by atoms with Crippen LogP contribution < -0.4 is 10.6 Å². The van der Waals surface area contributed by atoms with Gasteiger partial charge in [0, 0.05) is 37.6 Å². The fraction of sp³-hybridized carbons (Fsp3) is 0.130. The number of aromatic nitrogens is 1. The van der Waals surface area contributed by atoms with Crippen molar-refractivity contribution in [3.8, 4) is 0 Å². The lowest BCUT2D eigenvalue weighted by Gasteiger charge is -2.09. The molecule has 2 amide bonds. The van der Waals surface area contributed by atoms with Gasteiger partial charge in [-0.25, -0.2) is 0 Å². The number of carbonyl (C=O) groups excluding carboxylic acids is 2. The lowest BCUT2D eigenvalue weighted by atomic mass is 10.1. The second-order valence-corrected chi connectivity index (χ2v) is 7.87. The van der Waals surface area contributed by atoms with E-state index in [-0.39, 0.29) is 18.4 Å². The van der Waals surface area contributed by atoms with Crippen molar-refractivity contribution in [2.45, 2.75) is 13.5 Å². The number of nitrogens with zero attached hydrogens (tertiary/aromatic N) is 1. The number of para-hydroxylation sites is 1. The van der Waals surface area contributed by atoms with Gasteiger partial charge in [-0.05, 0) is 65.9 Å². The molecule has 4 aromatic rings. The maximum absolute atomic E-state index is 12.4. The Morgan fingerprint density at radius 2 is 1.66 bits per heavy atom. The molecule has 0 saturated heterocycles. The van der Waals surface area contributed by atoms with E-state index < -0.39 is 0 Å². The summed E-state index contributed by atoms with van der Waals surface area (Å²) in [6.07, 6.45) is 0. The molecule has 5 nitrogen and oxygen atoms in total. The van der Waals surface area contributed by atoms with Crippen molar-refractivity contribution >= 4 is 61.9 Å². The molecule has 1 heterocycles. The number of halogens is 1. The van der Waals surface area contributed by atoms with Gasteiger partial charge in [-0.3, -0.25) is 9.59 Å². The van der Waals surface area contributed by atoms with Crippen LogP contribution in [-0.2, 0) is 11.3 Å². The Morgan fingerprint density at radius 3 is 2.45 bits per heavy atom. The minimum atomic E-state index is -0.261. The van der Waals surface area contributed by atoms with Crippen LogP contribution >= 0.6 is 22.6 Å². The van der Waals surface area contributed by atoms with Crippen LogP contribution in [-0.4, -0.2) is 22.9 Å². The predicted octanol–water partition coefficient (Wildman–Crippen LogP) is 4.79. The molecule has 0 aliphatic heterocycles. The number of carbonyl (C=O) groups is 2. The van der Waals surface area contributed by atoms with E-state index in [0.717, 1.165) is 26.4 Å². The smallest absolute Gasteiger partial charge is 0.252 e. The molecular weight excluding hydrogens is 477 g/mol. The molecule has 0 aliphatic rings. The third kappa shape index (κ3) is 3.85. The van der Waals surface area contributed by atoms with Gasteiger partial charge < -0.3 is 15.2 Å². The van der Waals surface area contributed by atoms with Gasteiger partial charge in [-0.2, -0.15) is 0 Å². The molecular formula is C23H20IN3O2. The average molecular weight is 497 g/mol. The van der Waals surface area contributed by atoms with E-state index in [0.29, 0.717) is 11.3 Å². The minimum Gasteiger partial charge on any atom is -0.343 e. The molecule has 29 heavy (non-hydrogen) atoms. The van der Waals surface area contributed by atoms with Gasteiger partial charge >= 0.3 is 0 Å². The summed E-state index contributed by atoms with van der Waals surface area (Å²) in [7, 11) is 0. The Kier molecular flexibility index (Phi) is 5.53. The normalized spacial score (nSPS) is 11.0. The van der Waals surface area contributed by atoms with Crippen LogP contribution in [0.15, 0.2) is 66.7 Å². The average Bonchev–Trinajstić information content (AvgIpc) is 3.05. The number of aryl methyl sites for hydroxylation is 1. The highest BCUT2D eigenvalue weighted by atomic mass is 127. The van der Waals surface area contributed by atoms with Crippen molar-refractivity contribution in [2.24, 2.45) is 0 Å². The summed E-state index contributed by atoms with van der Waals surface area (Å²) in [4.78, 5) is 24.6. The zero-order valence-electron chi connectivity index (χ0n) is 15.9. The first-order valence-electron chi connectivity index (χ1n) is 9.42. The van der Waals surface area contributed by atoms with Gasteiger partial charge in [0.2, 0.25) is 5.91 Å². The number of benzene rings is 3. The highest BCUT2D eigenvalue weighted by molar-refractivity contribution is 14.1. The van der Waals surface area contributed by atoms with E-state index in [1.807, 2.05) is 42.5 Å². The molecule has 146 valence electrons. The van der Waals surface area contributed by atoms with Gasteiger partial charge in [-0.15, -0.1) is 0 Å². The largest absolute Gasteiger partial charge is 0.343 e. The van der Waals surface area contributed by atoms with Crippen LogP contribution in [0.2, 0.25) is 0 Å². The maximum atomic E-state index is 12.4. The summed E-state index contributed by atoms with van der Waals surface area (Å²) < 4.78 is 3.11. The van der Waals surface area contributed by atoms with E-state index in [1.54, 1.807) is 12.1 Å². The third-order valence-corrected chi connectivity index (χ3v) is 5.84. The summed E-state index contributed by atoms with van der Waals surface area (Å²) in [6.45, 7) is 2.91. The molecule has 0 saturated carbocycles. The standard InChI is InChI=1S/C23H20IN3O2/c1-2-27-20-10-6-4-7-16(20)18-13-15(11-12-21(18)27)26-22(28)14-25-23(29)17-8-3-5-9-19(17)24/h3-13H,2,14H2,1H3,(H,25,29)(H,26,28). The molecule has 0 aliphatic carbocycles. The lowest BCUT2D eigenvalue weighted by molar-refractivity contribution is -0.115. The predicted molar refractivity (Wildman–Crippen MR) is 125 cm³/mol. The van der Waals surface area contributed by atoms with Crippen molar-refractivity contribution in [1.82, 2.24) is 9.88 Å². The minimum absolute atomic E-state index is 0.0848. The Balaban J connectivity index is 1.51. The lowest BCUT2D eigenvalue weighted by Crippen LogP contribution is -2.33. The summed E-state index contributed by atoms with van der Waals surface area (Å²) in [6, 6.07) is 21.4. The van der Waals surface area contributed by atoms with E-state index in [9.17, 15) is 9.59 Å². The first-order chi connectivity index (χ1) is 14.1. The number of amides is 2. The van der Waals surface area contributed by atoms with Gasteiger partial charge in [0.25, 0.3) is 5.91 Å². The van der Waals surface area contributed by atoms with Crippen molar-refractivity contribution in [3.05, 3.63) is 75.9 Å². The number of fused-ring (bicyclic) bond motifs is 3. The zero-order chi connectivity index (χ0) is 20.4. The molecule has 0 fully saturated rings. The summed E-state index contributed by atoms with van der Waals surface area (Å²) in [5.41, 5.74) is 3.59. The fourth-order valence-corrected chi connectivity index (χ4v) is 4.21. The SMILES string of the molecule is CCn1c2ccccc2c2cc(NC(=O)CNC(=O)c3ccccc3I)ccc21. The Labute approximate surface area is 182 Å². The Bertz CT molecular complexity index is 1230. The maximum Gasteiger partial charge on any atom is 0.252 e. The fourth-order valence-electron chi connectivity index (χ4n) is 3.58. The molecule has 4 rings (SSSR count). The van der Waals surface area contributed by atoms with Crippen molar-refractivity contribution in [3.63, 3.8) is 0 Å². The first-order valence-corrected chi connectivity index (χ1v) is 10.5. The molecule has 3 aromatic carbocycles. The van der Waals surface area contributed by atoms with Gasteiger partial charge in [0.05, 0.1) is 12.1 Å². The van der Waals surface area contributed by atoms with Gasteiger partial charge in [0.1, 0.15) is 0 Å². The number of rotatable bonds is 5. The monoisotopic (exact) mass is 497 g/mol. The summed E-state index contributed by atoms with van der Waals surface area (Å²) in [5, 5.41) is 7.82. The quantitative estimate of drug-likeness (QED) is 0.390. The van der Waals surface area contributed by atoms with Crippen LogP contribution in [0.4, 0.5) is 5.69 Å². The number of nitrogens with one attached hydrogen (secondary N) is 2.